The maximum absolute atomic E-state index is 5.37. The van der Waals surface area contributed by atoms with Gasteiger partial charge >= 0.3 is 0 Å². The van der Waals surface area contributed by atoms with Gasteiger partial charge in [-0.25, -0.2) is 9.97 Å². The van der Waals surface area contributed by atoms with E-state index in [-0.39, 0.29) is 6.10 Å². The molecule has 5 nitrogen and oxygen atoms in total. The lowest BCUT2D eigenvalue weighted by molar-refractivity contribution is 0.0948. The Hall–Kier alpha value is -1.65. The van der Waals surface area contributed by atoms with Gasteiger partial charge in [0.25, 0.3) is 0 Å². The van der Waals surface area contributed by atoms with Crippen molar-refractivity contribution < 1.29 is 4.84 Å². The highest BCUT2D eigenvalue weighted by Gasteiger charge is 2.19. The van der Waals surface area contributed by atoms with E-state index in [1.165, 1.54) is 0 Å². The van der Waals surface area contributed by atoms with Gasteiger partial charge in [-0.1, -0.05) is 25.9 Å². The summed E-state index contributed by atoms with van der Waals surface area (Å²) in [6.07, 6.45) is 1.98. The first-order chi connectivity index (χ1) is 9.08. The Bertz CT molecular complexity index is 471. The van der Waals surface area contributed by atoms with E-state index < -0.39 is 0 Å². The molecule has 0 aromatic carbocycles. The summed E-state index contributed by atoms with van der Waals surface area (Å²) in [6, 6.07) is 2.01. The lowest BCUT2D eigenvalue weighted by Gasteiger charge is -2.12. The molecule has 1 aromatic rings. The largest absolute Gasteiger partial charge is 0.390 e. The summed E-state index contributed by atoms with van der Waals surface area (Å²) in [5, 5.41) is 7.37. The fourth-order valence-electron chi connectivity index (χ4n) is 2.00. The van der Waals surface area contributed by atoms with E-state index in [2.05, 4.69) is 41.2 Å². The number of rotatable bonds is 5. The second-order valence-electron chi connectivity index (χ2n) is 5.20. The normalized spacial score (nSPS) is 18.4. The molecule has 0 aliphatic carbocycles. The fraction of sp³-hybridized carbons (Fsp3) is 0.643. The Morgan fingerprint density at radius 1 is 1.42 bits per heavy atom. The molecule has 104 valence electrons. The third-order valence-corrected chi connectivity index (χ3v) is 3.16. The summed E-state index contributed by atoms with van der Waals surface area (Å²) in [5.41, 5.74) is 2.20. The van der Waals surface area contributed by atoms with Crippen LogP contribution in [0.2, 0.25) is 0 Å². The zero-order valence-electron chi connectivity index (χ0n) is 12.1. The molecular formula is C14H22N4O. The van der Waals surface area contributed by atoms with Crippen LogP contribution < -0.4 is 5.32 Å². The number of hydrogen-bond acceptors (Lipinski definition) is 5. The van der Waals surface area contributed by atoms with E-state index in [4.69, 9.17) is 4.84 Å². The number of anilines is 1. The number of oxime groups is 1. The predicted octanol–water partition coefficient (Wildman–Crippen LogP) is 2.88. The Morgan fingerprint density at radius 2 is 2.21 bits per heavy atom. The van der Waals surface area contributed by atoms with Crippen LogP contribution in [0.4, 0.5) is 5.82 Å². The van der Waals surface area contributed by atoms with Crippen molar-refractivity contribution in [3.8, 4) is 0 Å². The maximum atomic E-state index is 5.37. The Morgan fingerprint density at radius 3 is 2.84 bits per heavy atom. The minimum atomic E-state index is 0.118. The van der Waals surface area contributed by atoms with Crippen molar-refractivity contribution in [2.24, 2.45) is 5.16 Å². The molecule has 0 saturated heterocycles. The van der Waals surface area contributed by atoms with Crippen molar-refractivity contribution in [2.75, 3.05) is 11.9 Å². The summed E-state index contributed by atoms with van der Waals surface area (Å²) >= 11 is 0. The van der Waals surface area contributed by atoms with Gasteiger partial charge in [0, 0.05) is 18.2 Å². The van der Waals surface area contributed by atoms with Gasteiger partial charge in [0.15, 0.2) is 0 Å². The van der Waals surface area contributed by atoms with Crippen LogP contribution in [0.25, 0.3) is 0 Å². The summed E-state index contributed by atoms with van der Waals surface area (Å²) in [7, 11) is 0. The van der Waals surface area contributed by atoms with Crippen LogP contribution in [-0.2, 0) is 4.84 Å². The second-order valence-corrected chi connectivity index (χ2v) is 5.20. The molecule has 0 spiro atoms. The molecule has 2 heterocycles. The highest BCUT2D eigenvalue weighted by molar-refractivity contribution is 5.85. The maximum Gasteiger partial charge on any atom is 0.150 e. The third-order valence-electron chi connectivity index (χ3n) is 3.16. The first-order valence-electron chi connectivity index (χ1n) is 6.89. The summed E-state index contributed by atoms with van der Waals surface area (Å²) in [4.78, 5) is 14.2. The average molecular weight is 262 g/mol. The molecule has 1 aliphatic rings. The number of aromatic nitrogens is 2. The van der Waals surface area contributed by atoms with Crippen molar-refractivity contribution in [1.82, 2.24) is 9.97 Å². The quantitative estimate of drug-likeness (QED) is 0.886. The van der Waals surface area contributed by atoms with Crippen LogP contribution in [0.15, 0.2) is 11.2 Å². The highest BCUT2D eigenvalue weighted by Crippen LogP contribution is 2.17. The van der Waals surface area contributed by atoms with Gasteiger partial charge < -0.3 is 10.2 Å². The van der Waals surface area contributed by atoms with Gasteiger partial charge in [0.2, 0.25) is 0 Å². The van der Waals surface area contributed by atoms with Crippen LogP contribution in [-0.4, -0.2) is 28.3 Å². The van der Waals surface area contributed by atoms with Crippen LogP contribution >= 0.6 is 0 Å². The van der Waals surface area contributed by atoms with E-state index in [0.29, 0.717) is 5.92 Å². The van der Waals surface area contributed by atoms with E-state index in [9.17, 15) is 0 Å². The lowest BCUT2D eigenvalue weighted by Crippen LogP contribution is -2.20. The summed E-state index contributed by atoms with van der Waals surface area (Å²) in [5.74, 6) is 2.07. The van der Waals surface area contributed by atoms with Crippen LogP contribution in [0.5, 0.6) is 0 Å². The smallest absolute Gasteiger partial charge is 0.150 e. The van der Waals surface area contributed by atoms with E-state index in [0.717, 1.165) is 42.4 Å². The molecule has 1 atom stereocenters. The molecule has 0 unspecified atom stereocenters. The number of nitrogens with zero attached hydrogens (tertiary/aromatic N) is 3. The fourth-order valence-corrected chi connectivity index (χ4v) is 2.00. The molecule has 1 aromatic heterocycles. The van der Waals surface area contributed by atoms with E-state index in [1.807, 2.05) is 13.0 Å². The van der Waals surface area contributed by atoms with Crippen molar-refractivity contribution in [2.45, 2.75) is 52.6 Å². The summed E-state index contributed by atoms with van der Waals surface area (Å²) < 4.78 is 0. The van der Waals surface area contributed by atoms with Crippen molar-refractivity contribution in [3.05, 3.63) is 17.6 Å². The summed E-state index contributed by atoms with van der Waals surface area (Å²) in [6.45, 7) is 9.00. The van der Waals surface area contributed by atoms with E-state index >= 15 is 0 Å². The first kappa shape index (κ1) is 13.8. The molecule has 0 saturated carbocycles. The monoisotopic (exact) mass is 262 g/mol. The Labute approximate surface area is 114 Å². The van der Waals surface area contributed by atoms with Crippen molar-refractivity contribution in [1.29, 1.82) is 0 Å². The first-order valence-corrected chi connectivity index (χ1v) is 6.89. The molecule has 0 fully saturated rings. The molecular weight excluding hydrogens is 240 g/mol. The van der Waals surface area contributed by atoms with Gasteiger partial charge in [-0.2, -0.15) is 0 Å². The van der Waals surface area contributed by atoms with Crippen molar-refractivity contribution in [3.63, 3.8) is 0 Å². The van der Waals surface area contributed by atoms with Crippen LogP contribution in [0.1, 0.15) is 51.0 Å². The lowest BCUT2D eigenvalue weighted by atomic mass is 10.1. The van der Waals surface area contributed by atoms with Crippen LogP contribution in [0, 0.1) is 6.92 Å². The van der Waals surface area contributed by atoms with Crippen molar-refractivity contribution >= 4 is 11.5 Å². The van der Waals surface area contributed by atoms with E-state index in [1.54, 1.807) is 0 Å². The van der Waals surface area contributed by atoms with Gasteiger partial charge in [-0.05, 0) is 19.3 Å². The van der Waals surface area contributed by atoms with Gasteiger partial charge in [-0.15, -0.1) is 0 Å². The molecule has 0 bridgehead atoms. The molecule has 1 N–H and O–H groups in total. The molecule has 0 amide bonds. The molecule has 2 rings (SSSR count). The predicted molar refractivity (Wildman–Crippen MR) is 76.6 cm³/mol. The number of aryl methyl sites for hydroxylation is 1. The standard InChI is InChI=1S/C14H22N4O/c1-5-11-6-12(19-18-11)8-15-14-7-13(9(2)3)16-10(4)17-14/h7,9,12H,5-6,8H2,1-4H3,(H,15,16,17)/t12-/m1/s1. The highest BCUT2D eigenvalue weighted by atomic mass is 16.6. The minimum absolute atomic E-state index is 0.118. The van der Waals surface area contributed by atoms with Gasteiger partial charge in [-0.3, -0.25) is 0 Å². The molecule has 5 heteroatoms. The second kappa shape index (κ2) is 5.99. The Balaban J connectivity index is 1.93. The molecule has 1 aliphatic heterocycles. The van der Waals surface area contributed by atoms with Crippen LogP contribution in [0.3, 0.4) is 0 Å². The average Bonchev–Trinajstić information content (AvgIpc) is 2.83. The zero-order valence-corrected chi connectivity index (χ0v) is 12.1. The topological polar surface area (TPSA) is 59.4 Å². The van der Waals surface area contributed by atoms with Gasteiger partial charge in [0.05, 0.1) is 12.3 Å². The molecule has 0 radical (unpaired) electrons. The SMILES string of the molecule is CCC1=NO[C@@H](CNc2cc(C(C)C)nc(C)n2)C1. The zero-order chi connectivity index (χ0) is 13.8. The number of nitrogens with one attached hydrogen (secondary N) is 1. The minimum Gasteiger partial charge on any atom is -0.390 e. The number of hydrogen-bond donors (Lipinski definition) is 1. The molecule has 19 heavy (non-hydrogen) atoms. The van der Waals surface area contributed by atoms with Gasteiger partial charge in [0.1, 0.15) is 17.7 Å². The Kier molecular flexibility index (Phi) is 4.35. The third kappa shape index (κ3) is 3.66.